The van der Waals surface area contributed by atoms with Gasteiger partial charge in [-0.25, -0.2) is 9.97 Å². The summed E-state index contributed by atoms with van der Waals surface area (Å²) in [5.74, 6) is -0.192. The molecule has 22 heavy (non-hydrogen) atoms. The first-order chi connectivity index (χ1) is 10.7. The van der Waals surface area contributed by atoms with E-state index in [1.807, 2.05) is 18.4 Å². The number of carbonyl (C=O) groups excluding carboxylic acids is 1. The first-order valence-electron chi connectivity index (χ1n) is 7.26. The van der Waals surface area contributed by atoms with E-state index in [9.17, 15) is 10.1 Å². The van der Waals surface area contributed by atoms with Gasteiger partial charge in [-0.3, -0.25) is 4.79 Å². The van der Waals surface area contributed by atoms with Gasteiger partial charge in [-0.05, 0) is 31.9 Å². The highest BCUT2D eigenvalue weighted by Crippen LogP contribution is 2.25. The molecule has 0 radical (unpaired) electrons. The van der Waals surface area contributed by atoms with Crippen molar-refractivity contribution < 1.29 is 4.79 Å². The number of rotatable bonds is 4. The molecule has 1 atom stereocenters. The Balaban J connectivity index is 1.80. The number of ketones is 1. The Morgan fingerprint density at radius 3 is 2.73 bits per heavy atom. The van der Waals surface area contributed by atoms with Crippen molar-refractivity contribution in [2.45, 2.75) is 25.7 Å². The summed E-state index contributed by atoms with van der Waals surface area (Å²) < 4.78 is 0. The molecular formula is C16H16N4OS. The monoisotopic (exact) mass is 312 g/mol. The molecule has 1 aliphatic rings. The van der Waals surface area contributed by atoms with Gasteiger partial charge in [0, 0.05) is 35.9 Å². The van der Waals surface area contributed by atoms with Gasteiger partial charge in [0.25, 0.3) is 0 Å². The third-order valence-electron chi connectivity index (χ3n) is 3.74. The third kappa shape index (κ3) is 2.85. The number of aryl methyl sites for hydroxylation is 1. The molecule has 1 saturated heterocycles. The number of pyridine rings is 1. The maximum absolute atomic E-state index is 12.5. The number of nitrogens with zero attached hydrogens (tertiary/aromatic N) is 4. The second kappa shape index (κ2) is 6.24. The fourth-order valence-corrected chi connectivity index (χ4v) is 3.40. The van der Waals surface area contributed by atoms with Crippen LogP contribution >= 0.6 is 11.3 Å². The van der Waals surface area contributed by atoms with E-state index in [1.165, 1.54) is 24.2 Å². The van der Waals surface area contributed by atoms with Crippen LogP contribution < -0.4 is 4.90 Å². The number of anilines is 1. The maximum atomic E-state index is 12.5. The summed E-state index contributed by atoms with van der Waals surface area (Å²) in [6, 6.07) is 5.68. The van der Waals surface area contributed by atoms with E-state index in [4.69, 9.17) is 0 Å². The Hall–Kier alpha value is -2.26. The second-order valence-electron chi connectivity index (χ2n) is 5.35. The quantitative estimate of drug-likeness (QED) is 0.812. The van der Waals surface area contributed by atoms with Gasteiger partial charge in [0.15, 0.2) is 11.7 Å². The minimum absolute atomic E-state index is 0.239. The molecular weight excluding hydrogens is 296 g/mol. The number of thiazole rings is 1. The van der Waals surface area contributed by atoms with Crippen LogP contribution in [0.2, 0.25) is 0 Å². The van der Waals surface area contributed by atoms with E-state index in [2.05, 4.69) is 20.9 Å². The minimum atomic E-state index is -0.849. The molecule has 2 aromatic rings. The van der Waals surface area contributed by atoms with Crippen LogP contribution in [0.25, 0.3) is 0 Å². The minimum Gasteiger partial charge on any atom is -0.357 e. The molecule has 3 heterocycles. The van der Waals surface area contributed by atoms with Crippen molar-refractivity contribution in [3.8, 4) is 6.07 Å². The number of carbonyl (C=O) groups is 1. The summed E-state index contributed by atoms with van der Waals surface area (Å²) >= 11 is 1.35. The van der Waals surface area contributed by atoms with E-state index in [0.717, 1.165) is 24.6 Å². The highest BCUT2D eigenvalue weighted by atomic mass is 32.1. The van der Waals surface area contributed by atoms with Gasteiger partial charge in [-0.1, -0.05) is 0 Å². The molecule has 0 amide bonds. The van der Waals surface area contributed by atoms with E-state index in [0.29, 0.717) is 10.6 Å². The average molecular weight is 312 g/mol. The molecule has 0 N–H and O–H groups in total. The summed E-state index contributed by atoms with van der Waals surface area (Å²) in [5, 5.41) is 11.7. The molecule has 0 saturated carbocycles. The number of hydrogen-bond donors (Lipinski definition) is 0. The second-order valence-corrected chi connectivity index (χ2v) is 6.24. The topological polar surface area (TPSA) is 69.9 Å². The van der Waals surface area contributed by atoms with Crippen LogP contribution in [-0.2, 0) is 0 Å². The van der Waals surface area contributed by atoms with E-state index in [1.54, 1.807) is 12.3 Å². The predicted octanol–water partition coefficient (Wildman–Crippen LogP) is 2.94. The lowest BCUT2D eigenvalue weighted by Crippen LogP contribution is -2.19. The number of nitriles is 1. The summed E-state index contributed by atoms with van der Waals surface area (Å²) in [4.78, 5) is 23.3. The van der Waals surface area contributed by atoms with Gasteiger partial charge in [0.2, 0.25) is 0 Å². The lowest BCUT2D eigenvalue weighted by molar-refractivity contribution is 0.0978. The Bertz CT molecular complexity index is 710. The van der Waals surface area contributed by atoms with Gasteiger partial charge in [-0.15, -0.1) is 11.3 Å². The molecule has 1 fully saturated rings. The van der Waals surface area contributed by atoms with Crippen LogP contribution in [0, 0.1) is 18.3 Å². The van der Waals surface area contributed by atoms with E-state index in [-0.39, 0.29) is 5.78 Å². The predicted molar refractivity (Wildman–Crippen MR) is 85.2 cm³/mol. The molecule has 112 valence electrons. The SMILES string of the molecule is Cc1csc([C@H](C#N)C(=O)c2ccc(N3CCCC3)nc2)n1. The van der Waals surface area contributed by atoms with Crippen LogP contribution in [0.4, 0.5) is 5.82 Å². The largest absolute Gasteiger partial charge is 0.357 e. The smallest absolute Gasteiger partial charge is 0.188 e. The molecule has 0 spiro atoms. The van der Waals surface area contributed by atoms with Crippen molar-refractivity contribution in [2.75, 3.05) is 18.0 Å². The summed E-state index contributed by atoms with van der Waals surface area (Å²) in [7, 11) is 0. The molecule has 0 unspecified atom stereocenters. The zero-order chi connectivity index (χ0) is 15.5. The summed E-state index contributed by atoms with van der Waals surface area (Å²) in [5.41, 5.74) is 1.29. The van der Waals surface area contributed by atoms with Gasteiger partial charge in [0.1, 0.15) is 10.8 Å². The van der Waals surface area contributed by atoms with Gasteiger partial charge < -0.3 is 4.90 Å². The molecule has 0 aromatic carbocycles. The van der Waals surface area contributed by atoms with Crippen molar-refractivity contribution in [1.82, 2.24) is 9.97 Å². The fraction of sp³-hybridized carbons (Fsp3) is 0.375. The normalized spacial score (nSPS) is 15.5. The first-order valence-corrected chi connectivity index (χ1v) is 8.14. The van der Waals surface area contributed by atoms with Crippen LogP contribution in [0.1, 0.15) is 39.8 Å². The van der Waals surface area contributed by atoms with Crippen molar-refractivity contribution in [2.24, 2.45) is 0 Å². The molecule has 0 bridgehead atoms. The van der Waals surface area contributed by atoms with Crippen LogP contribution in [0.3, 0.4) is 0 Å². The lowest BCUT2D eigenvalue weighted by Gasteiger charge is -2.16. The Labute approximate surface area is 133 Å². The third-order valence-corrected chi connectivity index (χ3v) is 4.76. The highest BCUT2D eigenvalue weighted by molar-refractivity contribution is 7.10. The van der Waals surface area contributed by atoms with Crippen molar-refractivity contribution in [1.29, 1.82) is 5.26 Å². The number of aromatic nitrogens is 2. The summed E-state index contributed by atoms with van der Waals surface area (Å²) in [6.45, 7) is 3.88. The zero-order valence-electron chi connectivity index (χ0n) is 12.3. The van der Waals surface area contributed by atoms with Gasteiger partial charge in [0.05, 0.1) is 6.07 Å². The molecule has 5 nitrogen and oxygen atoms in total. The van der Waals surface area contributed by atoms with Crippen LogP contribution in [0.15, 0.2) is 23.7 Å². The maximum Gasteiger partial charge on any atom is 0.188 e. The van der Waals surface area contributed by atoms with Crippen molar-refractivity contribution in [3.63, 3.8) is 0 Å². The highest BCUT2D eigenvalue weighted by Gasteiger charge is 2.25. The van der Waals surface area contributed by atoms with Gasteiger partial charge >= 0.3 is 0 Å². The summed E-state index contributed by atoms with van der Waals surface area (Å²) in [6.07, 6.45) is 3.94. The van der Waals surface area contributed by atoms with E-state index >= 15 is 0 Å². The Kier molecular flexibility index (Phi) is 4.16. The number of Topliss-reactive ketones (excluding diaryl/α,β-unsaturated/α-hetero) is 1. The zero-order valence-corrected chi connectivity index (χ0v) is 13.1. The van der Waals surface area contributed by atoms with Crippen LogP contribution in [-0.4, -0.2) is 28.8 Å². The van der Waals surface area contributed by atoms with Gasteiger partial charge in [-0.2, -0.15) is 5.26 Å². The molecule has 1 aliphatic heterocycles. The molecule has 0 aliphatic carbocycles. The molecule has 3 rings (SSSR count). The first kappa shape index (κ1) is 14.7. The standard InChI is InChI=1S/C16H16N4OS/c1-11-10-22-16(19-11)13(8-17)15(21)12-4-5-14(18-9-12)20-6-2-3-7-20/h4-5,9-10,13H,2-3,6-7H2,1H3/t13-/m1/s1. The number of hydrogen-bond acceptors (Lipinski definition) is 6. The lowest BCUT2D eigenvalue weighted by atomic mass is 10.0. The Morgan fingerprint density at radius 2 is 2.18 bits per heavy atom. The van der Waals surface area contributed by atoms with Crippen molar-refractivity contribution in [3.05, 3.63) is 40.0 Å². The average Bonchev–Trinajstić information content (AvgIpc) is 3.20. The Morgan fingerprint density at radius 1 is 1.41 bits per heavy atom. The van der Waals surface area contributed by atoms with E-state index < -0.39 is 5.92 Å². The molecule has 2 aromatic heterocycles. The van der Waals surface area contributed by atoms with Crippen molar-refractivity contribution >= 4 is 22.9 Å². The fourth-order valence-electron chi connectivity index (χ4n) is 2.56. The molecule has 6 heteroatoms. The van der Waals surface area contributed by atoms with Crippen LogP contribution in [0.5, 0.6) is 0 Å².